The van der Waals surface area contributed by atoms with E-state index in [1.807, 2.05) is 25.2 Å². The van der Waals surface area contributed by atoms with Gasteiger partial charge in [-0.25, -0.2) is 4.68 Å². The topological polar surface area (TPSA) is 39.9 Å². The lowest BCUT2D eigenvalue weighted by Gasteiger charge is -1.98. The Morgan fingerprint density at radius 2 is 2.31 bits per heavy atom. The maximum Gasteiger partial charge on any atom is 0.113 e. The number of hydrogen-bond acceptors (Lipinski definition) is 3. The van der Waals surface area contributed by atoms with Crippen LogP contribution in [0.2, 0.25) is 0 Å². The molecule has 0 amide bonds. The fourth-order valence-corrected chi connectivity index (χ4v) is 1.34. The third-order valence-electron chi connectivity index (χ3n) is 1.99. The van der Waals surface area contributed by atoms with Crippen LogP contribution in [0.1, 0.15) is 5.56 Å². The van der Waals surface area contributed by atoms with Gasteiger partial charge in [-0.1, -0.05) is 11.3 Å². The average molecular weight is 177 g/mol. The summed E-state index contributed by atoms with van der Waals surface area (Å²) >= 11 is 0. The predicted molar refractivity (Wildman–Crippen MR) is 49.2 cm³/mol. The second-order valence-corrected chi connectivity index (χ2v) is 2.97. The summed E-state index contributed by atoms with van der Waals surface area (Å²) in [4.78, 5) is 0. The van der Waals surface area contributed by atoms with Crippen LogP contribution in [0.5, 0.6) is 0 Å². The summed E-state index contributed by atoms with van der Waals surface area (Å²) in [6, 6.07) is 6.02. The van der Waals surface area contributed by atoms with Crippen LogP contribution in [-0.4, -0.2) is 22.1 Å². The maximum absolute atomic E-state index is 5.03. The predicted octanol–water partition coefficient (Wildman–Crippen LogP) is 1.11. The zero-order valence-corrected chi connectivity index (χ0v) is 7.69. The average Bonchev–Trinajstić information content (AvgIpc) is 2.48. The Bertz CT molecular complexity index is 422. The highest BCUT2D eigenvalue weighted by molar-refractivity contribution is 5.74. The summed E-state index contributed by atoms with van der Waals surface area (Å²) in [6.45, 7) is 0.618. The number of aromatic nitrogens is 3. The lowest BCUT2D eigenvalue weighted by Crippen LogP contribution is -1.90. The molecule has 0 bridgehead atoms. The van der Waals surface area contributed by atoms with Gasteiger partial charge in [0.15, 0.2) is 0 Å². The Hall–Kier alpha value is -1.42. The van der Waals surface area contributed by atoms with Crippen LogP contribution >= 0.6 is 0 Å². The van der Waals surface area contributed by atoms with Crippen molar-refractivity contribution in [1.82, 2.24) is 15.0 Å². The fourth-order valence-electron chi connectivity index (χ4n) is 1.34. The molecule has 0 N–H and O–H groups in total. The van der Waals surface area contributed by atoms with E-state index in [2.05, 4.69) is 10.3 Å². The Morgan fingerprint density at radius 1 is 1.46 bits per heavy atom. The van der Waals surface area contributed by atoms with Gasteiger partial charge in [0.25, 0.3) is 0 Å². The van der Waals surface area contributed by atoms with E-state index in [4.69, 9.17) is 4.74 Å². The number of nitrogens with zero attached hydrogens (tertiary/aromatic N) is 3. The van der Waals surface area contributed by atoms with Gasteiger partial charge in [0, 0.05) is 14.2 Å². The molecule has 0 spiro atoms. The van der Waals surface area contributed by atoms with Crippen LogP contribution < -0.4 is 0 Å². The van der Waals surface area contributed by atoms with Crippen molar-refractivity contribution in [2.24, 2.45) is 7.05 Å². The van der Waals surface area contributed by atoms with Crippen molar-refractivity contribution in [3.63, 3.8) is 0 Å². The Morgan fingerprint density at radius 3 is 3.08 bits per heavy atom. The first kappa shape index (κ1) is 8.19. The van der Waals surface area contributed by atoms with Crippen LogP contribution in [0.3, 0.4) is 0 Å². The molecule has 4 heteroatoms. The fraction of sp³-hybridized carbons (Fsp3) is 0.333. The normalized spacial score (nSPS) is 10.9. The molecule has 0 saturated heterocycles. The number of benzene rings is 1. The van der Waals surface area contributed by atoms with Gasteiger partial charge in [0.05, 0.1) is 12.1 Å². The first-order valence-corrected chi connectivity index (χ1v) is 4.08. The van der Waals surface area contributed by atoms with Gasteiger partial charge < -0.3 is 4.74 Å². The molecular weight excluding hydrogens is 166 g/mol. The molecule has 0 unspecified atom stereocenters. The van der Waals surface area contributed by atoms with Crippen molar-refractivity contribution in [3.8, 4) is 0 Å². The van der Waals surface area contributed by atoms with Crippen molar-refractivity contribution in [1.29, 1.82) is 0 Å². The Balaban J connectivity index is 2.50. The van der Waals surface area contributed by atoms with E-state index in [1.54, 1.807) is 11.8 Å². The molecule has 0 saturated carbocycles. The van der Waals surface area contributed by atoms with E-state index in [9.17, 15) is 0 Å². The minimum atomic E-state index is 0.618. The first-order valence-electron chi connectivity index (χ1n) is 4.08. The SMILES string of the molecule is COCc1ccc2c(c1)nnn2C. The lowest BCUT2D eigenvalue weighted by molar-refractivity contribution is 0.185. The van der Waals surface area contributed by atoms with Gasteiger partial charge in [-0.15, -0.1) is 5.10 Å². The zero-order chi connectivity index (χ0) is 9.26. The molecule has 0 aliphatic heterocycles. The van der Waals surface area contributed by atoms with Gasteiger partial charge >= 0.3 is 0 Å². The third kappa shape index (κ3) is 1.40. The minimum Gasteiger partial charge on any atom is -0.380 e. The number of fused-ring (bicyclic) bond motifs is 1. The molecule has 1 heterocycles. The van der Waals surface area contributed by atoms with Crippen molar-refractivity contribution >= 4 is 11.0 Å². The molecule has 0 atom stereocenters. The van der Waals surface area contributed by atoms with Gasteiger partial charge in [-0.3, -0.25) is 0 Å². The summed E-state index contributed by atoms with van der Waals surface area (Å²) in [5.41, 5.74) is 3.08. The van der Waals surface area contributed by atoms with E-state index in [0.29, 0.717) is 6.61 Å². The van der Waals surface area contributed by atoms with Crippen molar-refractivity contribution < 1.29 is 4.74 Å². The molecule has 4 nitrogen and oxygen atoms in total. The van der Waals surface area contributed by atoms with Crippen molar-refractivity contribution in [2.75, 3.05) is 7.11 Å². The summed E-state index contributed by atoms with van der Waals surface area (Å²) in [5, 5.41) is 7.94. The summed E-state index contributed by atoms with van der Waals surface area (Å²) < 4.78 is 6.78. The van der Waals surface area contributed by atoms with E-state index in [1.165, 1.54) is 0 Å². The summed E-state index contributed by atoms with van der Waals surface area (Å²) in [7, 11) is 3.56. The molecule has 0 aliphatic carbocycles. The van der Waals surface area contributed by atoms with Crippen LogP contribution in [0, 0.1) is 0 Å². The minimum absolute atomic E-state index is 0.618. The second-order valence-electron chi connectivity index (χ2n) is 2.97. The molecular formula is C9H11N3O. The largest absolute Gasteiger partial charge is 0.380 e. The maximum atomic E-state index is 5.03. The molecule has 1 aromatic heterocycles. The summed E-state index contributed by atoms with van der Waals surface area (Å²) in [5.74, 6) is 0. The van der Waals surface area contributed by atoms with E-state index in [-0.39, 0.29) is 0 Å². The van der Waals surface area contributed by atoms with Gasteiger partial charge in [-0.05, 0) is 17.7 Å². The zero-order valence-electron chi connectivity index (χ0n) is 7.69. The van der Waals surface area contributed by atoms with Crippen molar-refractivity contribution in [3.05, 3.63) is 23.8 Å². The van der Waals surface area contributed by atoms with Gasteiger partial charge in [0.1, 0.15) is 5.52 Å². The van der Waals surface area contributed by atoms with Crippen LogP contribution in [-0.2, 0) is 18.4 Å². The monoisotopic (exact) mass is 177 g/mol. The smallest absolute Gasteiger partial charge is 0.113 e. The standard InChI is InChI=1S/C9H11N3O/c1-12-9-4-3-7(6-13-2)5-8(9)10-11-12/h3-5H,6H2,1-2H3. The van der Waals surface area contributed by atoms with Crippen molar-refractivity contribution in [2.45, 2.75) is 6.61 Å². The highest BCUT2D eigenvalue weighted by atomic mass is 16.5. The van der Waals surface area contributed by atoms with E-state index >= 15 is 0 Å². The lowest BCUT2D eigenvalue weighted by atomic mass is 10.2. The number of hydrogen-bond donors (Lipinski definition) is 0. The highest BCUT2D eigenvalue weighted by Crippen LogP contribution is 2.12. The Kier molecular flexibility index (Phi) is 1.98. The number of methoxy groups -OCH3 is 1. The third-order valence-corrected chi connectivity index (χ3v) is 1.99. The second kappa shape index (κ2) is 3.14. The molecule has 1 aromatic carbocycles. The molecule has 0 radical (unpaired) electrons. The summed E-state index contributed by atoms with van der Waals surface area (Å²) in [6.07, 6.45) is 0. The first-order chi connectivity index (χ1) is 6.31. The van der Waals surface area contributed by atoms with Gasteiger partial charge in [0.2, 0.25) is 0 Å². The molecule has 0 fully saturated rings. The van der Waals surface area contributed by atoms with E-state index in [0.717, 1.165) is 16.6 Å². The molecule has 2 aromatic rings. The molecule has 13 heavy (non-hydrogen) atoms. The molecule has 2 rings (SSSR count). The molecule has 0 aliphatic rings. The van der Waals surface area contributed by atoms with Crippen LogP contribution in [0.15, 0.2) is 18.2 Å². The Labute approximate surface area is 76.1 Å². The van der Waals surface area contributed by atoms with Crippen LogP contribution in [0.4, 0.5) is 0 Å². The van der Waals surface area contributed by atoms with Crippen LogP contribution in [0.25, 0.3) is 11.0 Å². The number of ether oxygens (including phenoxy) is 1. The van der Waals surface area contributed by atoms with Gasteiger partial charge in [-0.2, -0.15) is 0 Å². The quantitative estimate of drug-likeness (QED) is 0.690. The number of aryl methyl sites for hydroxylation is 1. The highest BCUT2D eigenvalue weighted by Gasteiger charge is 2.01. The molecule has 68 valence electrons. The van der Waals surface area contributed by atoms with E-state index < -0.39 is 0 Å². The number of rotatable bonds is 2.